The Morgan fingerprint density at radius 3 is 2.47 bits per heavy atom. The lowest BCUT2D eigenvalue weighted by molar-refractivity contribution is -0.181. The van der Waals surface area contributed by atoms with E-state index in [4.69, 9.17) is 23.7 Å². The summed E-state index contributed by atoms with van der Waals surface area (Å²) in [7, 11) is 1.42. The van der Waals surface area contributed by atoms with Crippen LogP contribution < -0.4 is 14.2 Å². The number of rotatable bonds is 9. The van der Waals surface area contributed by atoms with Gasteiger partial charge in [0.2, 0.25) is 5.75 Å². The Labute approximate surface area is 197 Å². The molecule has 1 saturated carbocycles. The first-order valence-corrected chi connectivity index (χ1v) is 11.1. The highest BCUT2D eigenvalue weighted by Gasteiger charge is 2.47. The first kappa shape index (κ1) is 23.8. The van der Waals surface area contributed by atoms with E-state index in [0.717, 1.165) is 12.0 Å². The van der Waals surface area contributed by atoms with Crippen LogP contribution in [0, 0.1) is 5.41 Å². The van der Waals surface area contributed by atoms with Crippen LogP contribution in [0.5, 0.6) is 17.2 Å². The summed E-state index contributed by atoms with van der Waals surface area (Å²) in [5, 5.41) is 19.1. The van der Waals surface area contributed by atoms with E-state index < -0.39 is 11.9 Å². The van der Waals surface area contributed by atoms with Crippen LogP contribution in [0.1, 0.15) is 49.0 Å². The van der Waals surface area contributed by atoms with Crippen molar-refractivity contribution >= 4 is 11.9 Å². The number of carbonyl (C=O) groups excluding carboxylic acids is 2. The lowest BCUT2D eigenvalue weighted by atomic mass is 9.69. The number of aliphatic hydroxyl groups is 2. The topological polar surface area (TPSA) is 121 Å². The molecule has 182 valence electrons. The van der Waals surface area contributed by atoms with E-state index in [2.05, 4.69) is 0 Å². The summed E-state index contributed by atoms with van der Waals surface area (Å²) < 4.78 is 27.3. The first-order valence-electron chi connectivity index (χ1n) is 11.1. The number of cyclic esters (lactones) is 1. The van der Waals surface area contributed by atoms with Gasteiger partial charge in [-0.15, -0.1) is 0 Å². The molecule has 9 nitrogen and oxygen atoms in total. The van der Waals surface area contributed by atoms with Gasteiger partial charge in [0, 0.05) is 11.1 Å². The summed E-state index contributed by atoms with van der Waals surface area (Å²) in [5.41, 5.74) is 1.68. The number of methoxy groups -OCH3 is 1. The molecule has 9 heteroatoms. The fourth-order valence-electron chi connectivity index (χ4n) is 4.15. The largest absolute Gasteiger partial charge is 0.493 e. The maximum absolute atomic E-state index is 12.8. The Balaban J connectivity index is 1.74. The van der Waals surface area contributed by atoms with Crippen molar-refractivity contribution in [1.29, 1.82) is 0 Å². The van der Waals surface area contributed by atoms with Crippen molar-refractivity contribution < 1.29 is 43.5 Å². The zero-order valence-electron chi connectivity index (χ0n) is 19.3. The lowest BCUT2D eigenvalue weighted by Gasteiger charge is -2.39. The Kier molecular flexibility index (Phi) is 6.67. The van der Waals surface area contributed by atoms with Crippen molar-refractivity contribution in [1.82, 2.24) is 0 Å². The number of benzene rings is 2. The fourth-order valence-corrected chi connectivity index (χ4v) is 4.15. The summed E-state index contributed by atoms with van der Waals surface area (Å²) in [6.45, 7) is 1.64. The molecule has 0 spiro atoms. The highest BCUT2D eigenvalue weighted by atomic mass is 16.7. The second kappa shape index (κ2) is 9.52. The van der Waals surface area contributed by atoms with Crippen molar-refractivity contribution in [3.8, 4) is 28.4 Å². The van der Waals surface area contributed by atoms with Crippen molar-refractivity contribution in [2.24, 2.45) is 5.41 Å². The number of carbonyl (C=O) groups is 2. The minimum atomic E-state index is -2.12. The molecule has 0 radical (unpaired) electrons. The van der Waals surface area contributed by atoms with E-state index in [1.165, 1.54) is 7.11 Å². The second-order valence-corrected chi connectivity index (χ2v) is 8.74. The first-order chi connectivity index (χ1) is 16.2. The van der Waals surface area contributed by atoms with Gasteiger partial charge in [0.1, 0.15) is 18.6 Å². The predicted octanol–water partition coefficient (Wildman–Crippen LogP) is 3.18. The van der Waals surface area contributed by atoms with Gasteiger partial charge >= 0.3 is 18.4 Å². The molecule has 2 aromatic carbocycles. The summed E-state index contributed by atoms with van der Waals surface area (Å²) >= 11 is 0. The molecule has 0 aromatic heterocycles. The summed E-state index contributed by atoms with van der Waals surface area (Å²) in [6, 6.07) is 8.57. The van der Waals surface area contributed by atoms with Crippen molar-refractivity contribution in [3.05, 3.63) is 41.5 Å². The van der Waals surface area contributed by atoms with E-state index in [-0.39, 0.29) is 48.5 Å². The molecular weight excluding hydrogens is 444 g/mol. The molecular formula is C25H28O9. The van der Waals surface area contributed by atoms with Crippen LogP contribution in [-0.4, -0.2) is 48.4 Å². The highest BCUT2D eigenvalue weighted by molar-refractivity contribution is 5.94. The number of hydrogen-bond donors (Lipinski definition) is 2. The van der Waals surface area contributed by atoms with Crippen LogP contribution in [0.3, 0.4) is 0 Å². The number of aliphatic hydroxyl groups excluding tert-OH is 1. The third-order valence-corrected chi connectivity index (χ3v) is 6.09. The number of esters is 2. The van der Waals surface area contributed by atoms with Crippen LogP contribution >= 0.6 is 0 Å². The Bertz CT molecular complexity index is 1090. The molecule has 0 unspecified atom stereocenters. The van der Waals surface area contributed by atoms with Crippen LogP contribution in [0.2, 0.25) is 0 Å². The highest BCUT2D eigenvalue weighted by Crippen LogP contribution is 2.48. The standard InChI is InChI=1S/C25H28O9/c1-14(2)33-23(27)25(9-4-10-25)13-32-20-17(7-8-19(30-3)21(20)34-24(28)29)15-5-6-18-16(11-15)12-31-22(18)26/h5-8,11,14,24,28-29H,4,9-10,12-13H2,1-3H3. The molecule has 0 atom stereocenters. The molecule has 1 aliphatic heterocycles. The fraction of sp³-hybridized carbons (Fsp3) is 0.440. The maximum Gasteiger partial charge on any atom is 0.338 e. The SMILES string of the molecule is COc1ccc(-c2ccc3c(c2)COC3=O)c(OCC2(C(=O)OC(C)C)CCC2)c1OC(O)O. The van der Waals surface area contributed by atoms with Gasteiger partial charge in [-0.25, -0.2) is 4.79 Å². The third-order valence-electron chi connectivity index (χ3n) is 6.09. The molecule has 2 aliphatic rings. The van der Waals surface area contributed by atoms with Crippen molar-refractivity contribution in [2.75, 3.05) is 13.7 Å². The molecule has 1 aliphatic carbocycles. The second-order valence-electron chi connectivity index (χ2n) is 8.74. The smallest absolute Gasteiger partial charge is 0.338 e. The van der Waals surface area contributed by atoms with Gasteiger partial charge in [-0.05, 0) is 56.5 Å². The minimum absolute atomic E-state index is 0.0170. The van der Waals surface area contributed by atoms with E-state index in [0.29, 0.717) is 29.5 Å². The monoisotopic (exact) mass is 472 g/mol. The Morgan fingerprint density at radius 1 is 1.12 bits per heavy atom. The Morgan fingerprint density at radius 2 is 1.85 bits per heavy atom. The molecule has 0 amide bonds. The minimum Gasteiger partial charge on any atom is -0.493 e. The molecule has 2 aromatic rings. The van der Waals surface area contributed by atoms with Crippen molar-refractivity contribution in [3.63, 3.8) is 0 Å². The molecule has 2 N–H and O–H groups in total. The number of hydrogen-bond acceptors (Lipinski definition) is 9. The van der Waals surface area contributed by atoms with Gasteiger partial charge in [0.05, 0.1) is 18.8 Å². The maximum atomic E-state index is 12.8. The van der Waals surface area contributed by atoms with E-state index in [1.54, 1.807) is 44.2 Å². The van der Waals surface area contributed by atoms with Crippen molar-refractivity contribution in [2.45, 2.75) is 52.3 Å². The zero-order chi connectivity index (χ0) is 24.5. The van der Waals surface area contributed by atoms with Gasteiger partial charge in [-0.2, -0.15) is 0 Å². The molecule has 34 heavy (non-hydrogen) atoms. The lowest BCUT2D eigenvalue weighted by Crippen LogP contribution is -2.45. The Hall–Kier alpha value is -3.30. The molecule has 1 heterocycles. The quantitative estimate of drug-likeness (QED) is 0.419. The number of ether oxygens (including phenoxy) is 5. The zero-order valence-corrected chi connectivity index (χ0v) is 19.3. The summed E-state index contributed by atoms with van der Waals surface area (Å²) in [5.74, 6) is -0.318. The average Bonchev–Trinajstić information content (AvgIpc) is 3.12. The molecule has 0 saturated heterocycles. The van der Waals surface area contributed by atoms with Crippen LogP contribution in [0.25, 0.3) is 11.1 Å². The summed E-state index contributed by atoms with van der Waals surface area (Å²) in [4.78, 5) is 24.6. The van der Waals surface area contributed by atoms with Gasteiger partial charge in [0.15, 0.2) is 11.5 Å². The van der Waals surface area contributed by atoms with Crippen LogP contribution in [0.15, 0.2) is 30.3 Å². The van der Waals surface area contributed by atoms with Gasteiger partial charge in [-0.1, -0.05) is 12.5 Å². The normalized spacial score (nSPS) is 16.0. The number of fused-ring (bicyclic) bond motifs is 1. The molecule has 0 bridgehead atoms. The van der Waals surface area contributed by atoms with Crippen LogP contribution in [-0.2, 0) is 20.9 Å². The average molecular weight is 472 g/mol. The molecule has 4 rings (SSSR count). The summed E-state index contributed by atoms with van der Waals surface area (Å²) in [6.07, 6.45) is 1.86. The third kappa shape index (κ3) is 4.53. The van der Waals surface area contributed by atoms with E-state index in [1.807, 2.05) is 0 Å². The van der Waals surface area contributed by atoms with Gasteiger partial charge in [-0.3, -0.25) is 4.79 Å². The predicted molar refractivity (Wildman–Crippen MR) is 119 cm³/mol. The van der Waals surface area contributed by atoms with Gasteiger partial charge < -0.3 is 33.9 Å². The van der Waals surface area contributed by atoms with Crippen LogP contribution in [0.4, 0.5) is 0 Å². The van der Waals surface area contributed by atoms with Gasteiger partial charge in [0.25, 0.3) is 0 Å². The molecule has 1 fully saturated rings. The van der Waals surface area contributed by atoms with E-state index in [9.17, 15) is 19.8 Å². The van der Waals surface area contributed by atoms with E-state index >= 15 is 0 Å².